The molecule has 7 nitrogen and oxygen atoms in total. The molecule has 0 aromatic heterocycles. The lowest BCUT2D eigenvalue weighted by Gasteiger charge is -2.34. The van der Waals surface area contributed by atoms with Crippen molar-refractivity contribution >= 4 is 62.3 Å². The predicted octanol–water partition coefficient (Wildman–Crippen LogP) is 7.40. The fourth-order valence-corrected chi connectivity index (χ4v) is 6.92. The van der Waals surface area contributed by atoms with Gasteiger partial charge in [-0.05, 0) is 54.4 Å². The van der Waals surface area contributed by atoms with Crippen LogP contribution in [-0.2, 0) is 32.6 Å². The van der Waals surface area contributed by atoms with Crippen LogP contribution in [0.5, 0.6) is 0 Å². The number of anilines is 1. The van der Waals surface area contributed by atoms with Crippen molar-refractivity contribution in [2.75, 3.05) is 17.4 Å². The minimum absolute atomic E-state index is 0.00313. The van der Waals surface area contributed by atoms with Gasteiger partial charge < -0.3 is 10.2 Å². The number of benzene rings is 4. The third-order valence-corrected chi connectivity index (χ3v) is 9.93. The molecule has 0 bridgehead atoms. The largest absolute Gasteiger partial charge is 0.354 e. The molecular formula is C34H34Cl3N3O4S. The SMILES string of the molecule is CCCCNC(=O)[C@@H](Cc1ccccc1)N(Cc1c(Cl)cccc1Cl)C(=O)CN(c1cccc(Cl)c1)S(=O)(=O)c1ccccc1. The number of hydrogen-bond donors (Lipinski definition) is 1. The minimum atomic E-state index is -4.24. The van der Waals surface area contributed by atoms with E-state index in [0.29, 0.717) is 27.2 Å². The summed E-state index contributed by atoms with van der Waals surface area (Å²) in [5.41, 5.74) is 1.45. The van der Waals surface area contributed by atoms with Crippen molar-refractivity contribution in [3.8, 4) is 0 Å². The first-order valence-electron chi connectivity index (χ1n) is 14.5. The lowest BCUT2D eigenvalue weighted by Crippen LogP contribution is -2.53. The Morgan fingerprint density at radius 2 is 1.44 bits per heavy atom. The van der Waals surface area contributed by atoms with Gasteiger partial charge in [0.15, 0.2) is 0 Å². The van der Waals surface area contributed by atoms with Gasteiger partial charge in [0.1, 0.15) is 12.6 Å². The van der Waals surface area contributed by atoms with Gasteiger partial charge in [-0.3, -0.25) is 13.9 Å². The first-order chi connectivity index (χ1) is 21.6. The Labute approximate surface area is 279 Å². The molecule has 0 aliphatic rings. The van der Waals surface area contributed by atoms with Crippen LogP contribution in [0.4, 0.5) is 5.69 Å². The molecule has 0 spiro atoms. The van der Waals surface area contributed by atoms with Crippen LogP contribution < -0.4 is 9.62 Å². The van der Waals surface area contributed by atoms with Crippen LogP contribution in [0, 0.1) is 0 Å². The van der Waals surface area contributed by atoms with Gasteiger partial charge in [-0.25, -0.2) is 8.42 Å². The highest BCUT2D eigenvalue weighted by Crippen LogP contribution is 2.30. The zero-order valence-corrected chi connectivity index (χ0v) is 27.8. The summed E-state index contributed by atoms with van der Waals surface area (Å²) < 4.78 is 29.1. The van der Waals surface area contributed by atoms with E-state index in [1.54, 1.807) is 54.6 Å². The molecule has 0 radical (unpaired) electrons. The molecule has 11 heteroatoms. The third-order valence-electron chi connectivity index (χ3n) is 7.20. The first-order valence-corrected chi connectivity index (χ1v) is 17.1. The molecule has 0 aliphatic heterocycles. The maximum Gasteiger partial charge on any atom is 0.264 e. The van der Waals surface area contributed by atoms with E-state index in [-0.39, 0.29) is 29.5 Å². The monoisotopic (exact) mass is 685 g/mol. The lowest BCUT2D eigenvalue weighted by molar-refractivity contribution is -0.140. The number of rotatable bonds is 14. The highest BCUT2D eigenvalue weighted by atomic mass is 35.5. The molecule has 0 saturated carbocycles. The van der Waals surface area contributed by atoms with E-state index in [1.807, 2.05) is 37.3 Å². The van der Waals surface area contributed by atoms with Gasteiger partial charge in [0.05, 0.1) is 10.6 Å². The summed E-state index contributed by atoms with van der Waals surface area (Å²) in [4.78, 5) is 29.7. The second-order valence-electron chi connectivity index (χ2n) is 10.4. The van der Waals surface area contributed by atoms with Gasteiger partial charge in [0, 0.05) is 40.1 Å². The quantitative estimate of drug-likeness (QED) is 0.140. The van der Waals surface area contributed by atoms with Crippen LogP contribution in [0.1, 0.15) is 30.9 Å². The molecule has 4 aromatic rings. The Morgan fingerprint density at radius 3 is 2.07 bits per heavy atom. The van der Waals surface area contributed by atoms with Crippen molar-refractivity contribution in [1.29, 1.82) is 0 Å². The molecule has 0 saturated heterocycles. The van der Waals surface area contributed by atoms with E-state index < -0.39 is 28.5 Å². The Kier molecular flexibility index (Phi) is 12.3. The van der Waals surface area contributed by atoms with Crippen molar-refractivity contribution < 1.29 is 18.0 Å². The highest BCUT2D eigenvalue weighted by molar-refractivity contribution is 7.92. The summed E-state index contributed by atoms with van der Waals surface area (Å²) in [6.07, 6.45) is 1.80. The second kappa shape index (κ2) is 16.1. The van der Waals surface area contributed by atoms with Crippen molar-refractivity contribution in [3.05, 3.63) is 129 Å². The lowest BCUT2D eigenvalue weighted by atomic mass is 10.0. The number of nitrogens with zero attached hydrogens (tertiary/aromatic N) is 2. The molecule has 0 unspecified atom stereocenters. The van der Waals surface area contributed by atoms with Crippen molar-refractivity contribution in [2.24, 2.45) is 0 Å². The predicted molar refractivity (Wildman–Crippen MR) is 181 cm³/mol. The van der Waals surface area contributed by atoms with Gasteiger partial charge in [-0.15, -0.1) is 0 Å². The van der Waals surface area contributed by atoms with Gasteiger partial charge in [-0.1, -0.05) is 109 Å². The Bertz CT molecular complexity index is 1690. The number of amides is 2. The van der Waals surface area contributed by atoms with Crippen LogP contribution in [0.2, 0.25) is 15.1 Å². The molecule has 0 heterocycles. The molecule has 0 fully saturated rings. The average Bonchev–Trinajstić information content (AvgIpc) is 3.03. The van der Waals surface area contributed by atoms with Crippen molar-refractivity contribution in [2.45, 2.75) is 43.7 Å². The number of nitrogens with one attached hydrogen (secondary N) is 1. The molecule has 1 N–H and O–H groups in total. The number of unbranched alkanes of at least 4 members (excludes halogenated alkanes) is 1. The van der Waals surface area contributed by atoms with E-state index in [1.165, 1.54) is 23.1 Å². The zero-order valence-electron chi connectivity index (χ0n) is 24.7. The third kappa shape index (κ3) is 9.01. The van der Waals surface area contributed by atoms with Crippen LogP contribution in [0.15, 0.2) is 108 Å². The molecular weight excluding hydrogens is 653 g/mol. The minimum Gasteiger partial charge on any atom is -0.354 e. The fourth-order valence-electron chi connectivity index (χ4n) is 4.79. The average molecular weight is 687 g/mol. The molecule has 45 heavy (non-hydrogen) atoms. The van der Waals surface area contributed by atoms with Crippen LogP contribution in [0.3, 0.4) is 0 Å². The molecule has 4 aromatic carbocycles. The summed E-state index contributed by atoms with van der Waals surface area (Å²) in [6.45, 7) is 1.69. The number of hydrogen-bond acceptors (Lipinski definition) is 4. The maximum atomic E-state index is 14.5. The summed E-state index contributed by atoms with van der Waals surface area (Å²) >= 11 is 19.4. The Balaban J connectivity index is 1.82. The van der Waals surface area contributed by atoms with E-state index in [2.05, 4.69) is 5.32 Å². The molecule has 4 rings (SSSR count). The molecule has 2 amide bonds. The van der Waals surface area contributed by atoms with Gasteiger partial charge in [0.25, 0.3) is 10.0 Å². The fraction of sp³-hybridized carbons (Fsp3) is 0.235. The molecule has 1 atom stereocenters. The van der Waals surface area contributed by atoms with Gasteiger partial charge in [-0.2, -0.15) is 0 Å². The van der Waals surface area contributed by atoms with Crippen LogP contribution in [0.25, 0.3) is 0 Å². The zero-order chi connectivity index (χ0) is 32.4. The number of sulfonamides is 1. The van der Waals surface area contributed by atoms with E-state index in [4.69, 9.17) is 34.8 Å². The summed E-state index contributed by atoms with van der Waals surface area (Å²) in [6, 6.07) is 27.4. The van der Waals surface area contributed by atoms with E-state index in [9.17, 15) is 18.0 Å². The van der Waals surface area contributed by atoms with Crippen LogP contribution >= 0.6 is 34.8 Å². The number of carbonyl (C=O) groups is 2. The second-order valence-corrected chi connectivity index (χ2v) is 13.5. The smallest absolute Gasteiger partial charge is 0.264 e. The van der Waals surface area contributed by atoms with Crippen molar-refractivity contribution in [3.63, 3.8) is 0 Å². The number of carbonyl (C=O) groups excluding carboxylic acids is 2. The topological polar surface area (TPSA) is 86.8 Å². The Hall–Kier alpha value is -3.56. The standard InChI is InChI=1S/C34H34Cl3N3O4S/c1-2-3-20-38-34(42)32(21-25-12-6-4-7-13-25)39(23-29-30(36)18-11-19-31(29)37)33(41)24-40(27-15-10-14-26(35)22-27)45(43,44)28-16-8-5-9-17-28/h4-19,22,32H,2-3,20-21,23-24H2,1H3,(H,38,42)/t32-/m1/s1. The van der Waals surface area contributed by atoms with Gasteiger partial charge >= 0.3 is 0 Å². The summed E-state index contributed by atoms with van der Waals surface area (Å²) in [7, 11) is -4.24. The first kappa shape index (κ1) is 34.3. The van der Waals surface area contributed by atoms with Gasteiger partial charge in [0.2, 0.25) is 11.8 Å². The molecule has 0 aliphatic carbocycles. The van der Waals surface area contributed by atoms with Crippen molar-refractivity contribution in [1.82, 2.24) is 10.2 Å². The molecule has 236 valence electrons. The Morgan fingerprint density at radius 1 is 0.822 bits per heavy atom. The summed E-state index contributed by atoms with van der Waals surface area (Å²) in [5.74, 6) is -0.999. The number of halogens is 3. The van der Waals surface area contributed by atoms with Crippen LogP contribution in [-0.4, -0.2) is 44.3 Å². The summed E-state index contributed by atoms with van der Waals surface area (Å²) in [5, 5.41) is 3.88. The van der Waals surface area contributed by atoms with E-state index in [0.717, 1.165) is 22.7 Å². The highest BCUT2D eigenvalue weighted by Gasteiger charge is 2.35. The maximum absolute atomic E-state index is 14.5. The normalized spacial score (nSPS) is 11.9. The van der Waals surface area contributed by atoms with E-state index >= 15 is 0 Å².